The summed E-state index contributed by atoms with van der Waals surface area (Å²) < 4.78 is 56.7. The topological polar surface area (TPSA) is 72.5 Å². The van der Waals surface area contributed by atoms with Gasteiger partial charge in [-0.05, 0) is 18.6 Å². The molecule has 2 aromatic rings. The highest BCUT2D eigenvalue weighted by Gasteiger charge is 2.19. The van der Waals surface area contributed by atoms with Gasteiger partial charge >= 0.3 is 0 Å². The molecular formula is C16H15F2NO4S. The van der Waals surface area contributed by atoms with Gasteiger partial charge in [0.2, 0.25) is 10.0 Å². The summed E-state index contributed by atoms with van der Waals surface area (Å²) in [5, 5.41) is 0. The van der Waals surface area contributed by atoms with Crippen molar-refractivity contribution in [2.24, 2.45) is 0 Å². The molecule has 24 heavy (non-hydrogen) atoms. The zero-order valence-electron chi connectivity index (χ0n) is 13.0. The van der Waals surface area contributed by atoms with E-state index in [0.717, 1.165) is 17.4 Å². The van der Waals surface area contributed by atoms with Crippen LogP contribution in [0.25, 0.3) is 0 Å². The number of nitrogens with one attached hydrogen (secondary N) is 1. The molecule has 0 aromatic heterocycles. The number of carbonyl (C=O) groups is 1. The summed E-state index contributed by atoms with van der Waals surface area (Å²) >= 11 is 0. The second-order valence-electron chi connectivity index (χ2n) is 5.24. The lowest BCUT2D eigenvalue weighted by atomic mass is 10.1. The Bertz CT molecular complexity index is 864. The maximum Gasteiger partial charge on any atom is 0.267 e. The quantitative estimate of drug-likeness (QED) is 0.895. The van der Waals surface area contributed by atoms with E-state index in [1.807, 2.05) is 19.1 Å². The zero-order valence-corrected chi connectivity index (χ0v) is 13.8. The van der Waals surface area contributed by atoms with Crippen LogP contribution in [-0.4, -0.2) is 20.6 Å². The summed E-state index contributed by atoms with van der Waals surface area (Å²) in [6.45, 7) is 1.94. The monoisotopic (exact) mass is 355 g/mol. The largest absolute Gasteiger partial charge is 0.486 e. The fraction of sp³-hybridized carbons (Fsp3) is 0.188. The van der Waals surface area contributed by atoms with Crippen LogP contribution in [0.5, 0.6) is 5.75 Å². The number of carbonyl (C=O) groups excluding carboxylic acids is 1. The maximum absolute atomic E-state index is 14.0. The third kappa shape index (κ3) is 4.76. The first kappa shape index (κ1) is 17.9. The summed E-state index contributed by atoms with van der Waals surface area (Å²) in [4.78, 5) is 11.6. The van der Waals surface area contributed by atoms with E-state index in [9.17, 15) is 22.0 Å². The van der Waals surface area contributed by atoms with Gasteiger partial charge in [0.1, 0.15) is 12.4 Å². The molecule has 8 heteroatoms. The maximum atomic E-state index is 14.0. The minimum Gasteiger partial charge on any atom is -0.486 e. The Morgan fingerprint density at radius 1 is 1.12 bits per heavy atom. The van der Waals surface area contributed by atoms with Crippen LogP contribution in [0, 0.1) is 18.6 Å². The summed E-state index contributed by atoms with van der Waals surface area (Å²) in [6, 6.07) is 8.60. The molecule has 2 rings (SSSR count). The van der Waals surface area contributed by atoms with Gasteiger partial charge in [0.05, 0.1) is 11.8 Å². The van der Waals surface area contributed by atoms with Crippen molar-refractivity contribution in [2.45, 2.75) is 13.5 Å². The molecule has 128 valence electrons. The Hall–Kier alpha value is -2.48. The second-order valence-corrected chi connectivity index (χ2v) is 6.99. The van der Waals surface area contributed by atoms with Crippen molar-refractivity contribution in [3.05, 3.63) is 64.7 Å². The number of hydrogen-bond donors (Lipinski definition) is 1. The molecule has 0 heterocycles. The Balaban J connectivity index is 2.17. The lowest BCUT2D eigenvalue weighted by molar-refractivity contribution is 0.0977. The molecular weight excluding hydrogens is 340 g/mol. The minimum atomic E-state index is -3.88. The van der Waals surface area contributed by atoms with E-state index in [0.29, 0.717) is 12.1 Å². The molecule has 0 bridgehead atoms. The highest BCUT2D eigenvalue weighted by molar-refractivity contribution is 7.89. The molecule has 0 spiro atoms. The van der Waals surface area contributed by atoms with E-state index in [2.05, 4.69) is 0 Å². The Labute approximate surface area is 138 Å². The fourth-order valence-corrected chi connectivity index (χ4v) is 2.33. The minimum absolute atomic E-state index is 0.0194. The van der Waals surface area contributed by atoms with Crippen LogP contribution in [0.1, 0.15) is 21.5 Å². The molecule has 1 N–H and O–H groups in total. The number of rotatable bonds is 5. The molecule has 1 amide bonds. The van der Waals surface area contributed by atoms with Gasteiger partial charge in [-0.15, -0.1) is 0 Å². The van der Waals surface area contributed by atoms with Gasteiger partial charge < -0.3 is 4.74 Å². The van der Waals surface area contributed by atoms with Crippen molar-refractivity contribution in [1.82, 2.24) is 4.72 Å². The molecule has 0 aliphatic heterocycles. The molecule has 0 saturated carbocycles. The van der Waals surface area contributed by atoms with Crippen molar-refractivity contribution in [3.8, 4) is 5.75 Å². The van der Waals surface area contributed by atoms with Crippen molar-refractivity contribution in [2.75, 3.05) is 6.26 Å². The molecule has 0 fully saturated rings. The van der Waals surface area contributed by atoms with Crippen LogP contribution >= 0.6 is 0 Å². The van der Waals surface area contributed by atoms with Crippen LogP contribution in [0.15, 0.2) is 36.4 Å². The third-order valence-corrected chi connectivity index (χ3v) is 3.62. The molecule has 0 atom stereocenters. The second kappa shape index (κ2) is 6.96. The first-order chi connectivity index (χ1) is 11.2. The van der Waals surface area contributed by atoms with E-state index < -0.39 is 33.1 Å². The average molecular weight is 355 g/mol. The van der Waals surface area contributed by atoms with E-state index in [1.165, 1.54) is 0 Å². The number of benzene rings is 2. The molecule has 0 aliphatic carbocycles. The van der Waals surface area contributed by atoms with Crippen LogP contribution in [0.2, 0.25) is 0 Å². The number of amides is 1. The normalized spacial score (nSPS) is 11.2. The Morgan fingerprint density at radius 3 is 2.33 bits per heavy atom. The number of ether oxygens (including phenoxy) is 1. The number of sulfonamides is 1. The average Bonchev–Trinajstić information content (AvgIpc) is 2.47. The predicted molar refractivity (Wildman–Crippen MR) is 84.2 cm³/mol. The Morgan fingerprint density at radius 2 is 1.75 bits per heavy atom. The van der Waals surface area contributed by atoms with Crippen molar-refractivity contribution in [1.29, 1.82) is 0 Å². The first-order valence-electron chi connectivity index (χ1n) is 6.85. The molecule has 0 unspecified atom stereocenters. The van der Waals surface area contributed by atoms with E-state index in [1.54, 1.807) is 16.9 Å². The van der Waals surface area contributed by atoms with Crippen molar-refractivity contribution >= 4 is 15.9 Å². The van der Waals surface area contributed by atoms with Gasteiger partial charge in [-0.25, -0.2) is 21.9 Å². The smallest absolute Gasteiger partial charge is 0.267 e. The highest BCUT2D eigenvalue weighted by atomic mass is 32.2. The molecule has 0 aliphatic rings. The predicted octanol–water partition coefficient (Wildman–Crippen LogP) is 2.54. The lowest BCUT2D eigenvalue weighted by Crippen LogP contribution is -2.30. The van der Waals surface area contributed by atoms with Gasteiger partial charge in [-0.1, -0.05) is 29.8 Å². The van der Waals surface area contributed by atoms with E-state index in [-0.39, 0.29) is 12.4 Å². The Kier molecular flexibility index (Phi) is 5.18. The fourth-order valence-electron chi connectivity index (χ4n) is 1.88. The first-order valence-corrected chi connectivity index (χ1v) is 8.74. The van der Waals surface area contributed by atoms with E-state index >= 15 is 0 Å². The molecule has 2 aromatic carbocycles. The third-order valence-electron chi connectivity index (χ3n) is 3.06. The molecule has 0 radical (unpaired) electrons. The molecule has 5 nitrogen and oxygen atoms in total. The zero-order chi connectivity index (χ0) is 17.9. The van der Waals surface area contributed by atoms with Gasteiger partial charge in [0, 0.05) is 6.07 Å². The van der Waals surface area contributed by atoms with Crippen LogP contribution < -0.4 is 9.46 Å². The lowest BCUT2D eigenvalue weighted by Gasteiger charge is -2.10. The van der Waals surface area contributed by atoms with E-state index in [4.69, 9.17) is 4.74 Å². The van der Waals surface area contributed by atoms with Crippen LogP contribution in [0.4, 0.5) is 8.78 Å². The summed E-state index contributed by atoms with van der Waals surface area (Å²) in [6.07, 6.45) is 0.734. The number of hydrogen-bond acceptors (Lipinski definition) is 4. The van der Waals surface area contributed by atoms with Crippen LogP contribution in [0.3, 0.4) is 0 Å². The number of halogens is 2. The summed E-state index contributed by atoms with van der Waals surface area (Å²) in [5.41, 5.74) is 1.09. The molecule has 0 saturated heterocycles. The van der Waals surface area contributed by atoms with Crippen molar-refractivity contribution in [3.63, 3.8) is 0 Å². The van der Waals surface area contributed by atoms with Crippen LogP contribution in [-0.2, 0) is 16.6 Å². The van der Waals surface area contributed by atoms with Gasteiger partial charge in [-0.2, -0.15) is 0 Å². The van der Waals surface area contributed by atoms with Gasteiger partial charge in [0.15, 0.2) is 11.6 Å². The number of aryl methyl sites for hydroxylation is 1. The van der Waals surface area contributed by atoms with Gasteiger partial charge in [-0.3, -0.25) is 4.79 Å². The van der Waals surface area contributed by atoms with Gasteiger partial charge in [0.25, 0.3) is 5.91 Å². The standard InChI is InChI=1S/C16H15F2NO4S/c1-10-3-5-11(6-4-10)9-23-15-8-13(17)12(7-14(15)18)16(20)19-24(2,21)22/h3-8H,9H2,1-2H3,(H,19,20). The summed E-state index contributed by atoms with van der Waals surface area (Å²) in [7, 11) is -3.88. The van der Waals surface area contributed by atoms with Crippen molar-refractivity contribution < 1.29 is 26.7 Å². The summed E-state index contributed by atoms with van der Waals surface area (Å²) in [5.74, 6) is -3.68. The SMILES string of the molecule is Cc1ccc(COc2cc(F)c(C(=O)NS(C)(=O)=O)cc2F)cc1. The highest BCUT2D eigenvalue weighted by Crippen LogP contribution is 2.23.